The second kappa shape index (κ2) is 11.3. The Bertz CT molecular complexity index is 997. The van der Waals surface area contributed by atoms with Crippen LogP contribution in [0.15, 0.2) is 35.2 Å². The minimum atomic E-state index is -3.52. The third kappa shape index (κ3) is 6.28. The Morgan fingerprint density at radius 3 is 2.26 bits per heavy atom. The van der Waals surface area contributed by atoms with Gasteiger partial charge in [0, 0.05) is 23.7 Å². The lowest BCUT2D eigenvalue weighted by Crippen LogP contribution is -2.30. The molecule has 1 aromatic heterocycles. The van der Waals surface area contributed by atoms with Crippen LogP contribution >= 0.6 is 11.3 Å². The van der Waals surface area contributed by atoms with E-state index in [9.17, 15) is 18.0 Å². The highest BCUT2D eigenvalue weighted by Gasteiger charge is 2.21. The maximum Gasteiger partial charge on any atom is 0.341 e. The maximum absolute atomic E-state index is 12.5. The second-order valence-corrected chi connectivity index (χ2v) is 9.62. The van der Waals surface area contributed by atoms with Gasteiger partial charge in [-0.25, -0.2) is 13.2 Å². The minimum absolute atomic E-state index is 0.0379. The van der Waals surface area contributed by atoms with Gasteiger partial charge in [0.1, 0.15) is 5.00 Å². The third-order valence-electron chi connectivity index (χ3n) is 4.53. The van der Waals surface area contributed by atoms with Crippen molar-refractivity contribution in [2.45, 2.75) is 39.0 Å². The van der Waals surface area contributed by atoms with Crippen molar-refractivity contribution in [1.82, 2.24) is 4.31 Å². The summed E-state index contributed by atoms with van der Waals surface area (Å²) in [4.78, 5) is 25.7. The number of esters is 1. The number of aryl methyl sites for hydroxylation is 1. The van der Waals surface area contributed by atoms with Gasteiger partial charge in [0.15, 0.2) is 0 Å². The zero-order valence-corrected chi connectivity index (χ0v) is 19.9. The van der Waals surface area contributed by atoms with E-state index in [1.165, 1.54) is 27.8 Å². The van der Waals surface area contributed by atoms with Gasteiger partial charge in [-0.2, -0.15) is 4.31 Å². The molecule has 0 aliphatic carbocycles. The normalized spacial score (nSPS) is 11.4. The van der Waals surface area contributed by atoms with E-state index in [1.807, 2.05) is 6.92 Å². The Morgan fingerprint density at radius 1 is 1.06 bits per heavy atom. The number of benzene rings is 1. The first-order valence-electron chi connectivity index (χ1n) is 10.2. The topological polar surface area (TPSA) is 105 Å². The van der Waals surface area contributed by atoms with E-state index in [0.29, 0.717) is 29.3 Å². The zero-order valence-electron chi connectivity index (χ0n) is 18.2. The Morgan fingerprint density at radius 2 is 1.71 bits per heavy atom. The molecule has 0 saturated carbocycles. The Kier molecular flexibility index (Phi) is 9.02. The Labute approximate surface area is 187 Å². The molecular weight excluding hydrogens is 438 g/mol. The quantitative estimate of drug-likeness (QED) is 0.490. The fourth-order valence-electron chi connectivity index (χ4n) is 2.88. The van der Waals surface area contributed by atoms with E-state index in [2.05, 4.69) is 10.6 Å². The average molecular weight is 468 g/mol. The number of rotatable bonds is 11. The van der Waals surface area contributed by atoms with Gasteiger partial charge in [0.05, 0.1) is 23.6 Å². The standard InChI is InChI=1S/C21H29N3O5S2/c1-5-16-13-18(21(26)29-8-4)20(30-16)23-19(25)14-22-15-9-11-17(12-10-15)31(27,28)24(6-2)7-3/h9-13,22H,5-8,14H2,1-4H3,(H,23,25). The molecule has 0 unspecified atom stereocenters. The first kappa shape index (κ1) is 24.8. The number of carbonyl (C=O) groups is 2. The van der Waals surface area contributed by atoms with Crippen molar-refractivity contribution in [2.75, 3.05) is 36.9 Å². The molecule has 0 aliphatic rings. The first-order valence-corrected chi connectivity index (χ1v) is 12.5. The molecule has 1 amide bonds. The molecular formula is C21H29N3O5S2. The highest BCUT2D eigenvalue weighted by atomic mass is 32.2. The summed E-state index contributed by atoms with van der Waals surface area (Å²) in [5.74, 6) is -0.790. The van der Waals surface area contributed by atoms with Crippen molar-refractivity contribution in [3.05, 3.63) is 40.8 Å². The molecule has 0 radical (unpaired) electrons. The highest BCUT2D eigenvalue weighted by molar-refractivity contribution is 7.89. The number of sulfonamides is 1. The van der Waals surface area contributed by atoms with Crippen molar-refractivity contribution in [3.8, 4) is 0 Å². The van der Waals surface area contributed by atoms with Crippen LogP contribution in [-0.4, -0.2) is 50.8 Å². The summed E-state index contributed by atoms with van der Waals surface area (Å²) in [7, 11) is -3.52. The van der Waals surface area contributed by atoms with Gasteiger partial charge in [-0.1, -0.05) is 20.8 Å². The van der Waals surface area contributed by atoms with E-state index in [-0.39, 0.29) is 24.0 Å². The first-order chi connectivity index (χ1) is 14.8. The molecule has 170 valence electrons. The van der Waals surface area contributed by atoms with Crippen LogP contribution < -0.4 is 10.6 Å². The van der Waals surface area contributed by atoms with Crippen LogP contribution in [0.4, 0.5) is 10.7 Å². The molecule has 1 aromatic carbocycles. The third-order valence-corrected chi connectivity index (χ3v) is 7.79. The van der Waals surface area contributed by atoms with E-state index in [0.717, 1.165) is 11.3 Å². The lowest BCUT2D eigenvalue weighted by Gasteiger charge is -2.18. The van der Waals surface area contributed by atoms with Crippen LogP contribution in [0.5, 0.6) is 0 Å². The van der Waals surface area contributed by atoms with Crippen LogP contribution in [0, 0.1) is 0 Å². The number of hydrogen-bond donors (Lipinski definition) is 2. The molecule has 0 fully saturated rings. The molecule has 31 heavy (non-hydrogen) atoms. The van der Waals surface area contributed by atoms with Gasteiger partial charge in [-0.3, -0.25) is 4.79 Å². The van der Waals surface area contributed by atoms with Crippen LogP contribution in [0.25, 0.3) is 0 Å². The van der Waals surface area contributed by atoms with Gasteiger partial charge in [-0.15, -0.1) is 11.3 Å². The molecule has 0 atom stereocenters. The Hall–Kier alpha value is -2.43. The summed E-state index contributed by atoms with van der Waals surface area (Å²) in [6, 6.07) is 8.00. The molecule has 2 aromatic rings. The van der Waals surface area contributed by atoms with Gasteiger partial charge < -0.3 is 15.4 Å². The number of ether oxygens (including phenoxy) is 1. The predicted molar refractivity (Wildman–Crippen MR) is 123 cm³/mol. The summed E-state index contributed by atoms with van der Waals surface area (Å²) < 4.78 is 31.5. The molecule has 1 heterocycles. The van der Waals surface area contributed by atoms with Crippen molar-refractivity contribution < 1.29 is 22.7 Å². The number of carbonyl (C=O) groups excluding carboxylic acids is 2. The molecule has 2 N–H and O–H groups in total. The predicted octanol–water partition coefficient (Wildman–Crippen LogP) is 3.57. The molecule has 0 aliphatic heterocycles. The van der Waals surface area contributed by atoms with Gasteiger partial charge in [0.2, 0.25) is 15.9 Å². The van der Waals surface area contributed by atoms with Crippen molar-refractivity contribution >= 4 is 43.9 Å². The summed E-state index contributed by atoms with van der Waals surface area (Å²) in [5.41, 5.74) is 0.961. The maximum atomic E-state index is 12.5. The smallest absolute Gasteiger partial charge is 0.341 e. The summed E-state index contributed by atoms with van der Waals surface area (Å²) in [5, 5.41) is 6.18. The largest absolute Gasteiger partial charge is 0.462 e. The average Bonchev–Trinajstić information content (AvgIpc) is 3.16. The summed E-state index contributed by atoms with van der Waals surface area (Å²) in [6.07, 6.45) is 0.744. The molecule has 10 heteroatoms. The number of thiophene rings is 1. The fourth-order valence-corrected chi connectivity index (χ4v) is 5.34. The van der Waals surface area contributed by atoms with Crippen LogP contribution in [0.2, 0.25) is 0 Å². The highest BCUT2D eigenvalue weighted by Crippen LogP contribution is 2.29. The van der Waals surface area contributed by atoms with Crippen molar-refractivity contribution in [3.63, 3.8) is 0 Å². The number of anilines is 2. The lowest BCUT2D eigenvalue weighted by atomic mass is 10.2. The minimum Gasteiger partial charge on any atom is -0.462 e. The molecule has 0 spiro atoms. The number of nitrogens with zero attached hydrogens (tertiary/aromatic N) is 1. The number of nitrogens with one attached hydrogen (secondary N) is 2. The lowest BCUT2D eigenvalue weighted by molar-refractivity contribution is -0.114. The molecule has 2 rings (SSSR count). The van der Waals surface area contributed by atoms with Crippen molar-refractivity contribution in [2.24, 2.45) is 0 Å². The van der Waals surface area contributed by atoms with Crippen molar-refractivity contribution in [1.29, 1.82) is 0 Å². The molecule has 0 bridgehead atoms. The van der Waals surface area contributed by atoms with Gasteiger partial charge in [-0.05, 0) is 43.7 Å². The van der Waals surface area contributed by atoms with Gasteiger partial charge in [0.25, 0.3) is 0 Å². The fraction of sp³-hybridized carbons (Fsp3) is 0.429. The summed E-state index contributed by atoms with van der Waals surface area (Å²) >= 11 is 1.34. The van der Waals surface area contributed by atoms with E-state index >= 15 is 0 Å². The SMILES string of the molecule is CCOC(=O)c1cc(CC)sc1NC(=O)CNc1ccc(S(=O)(=O)N(CC)CC)cc1. The monoisotopic (exact) mass is 467 g/mol. The molecule has 0 saturated heterocycles. The van der Waals surface area contributed by atoms with Crippen LogP contribution in [0.3, 0.4) is 0 Å². The molecule has 8 nitrogen and oxygen atoms in total. The van der Waals surface area contributed by atoms with E-state index in [4.69, 9.17) is 4.74 Å². The zero-order chi connectivity index (χ0) is 23.0. The number of amides is 1. The number of hydrogen-bond acceptors (Lipinski definition) is 7. The summed E-state index contributed by atoms with van der Waals surface area (Å²) in [6.45, 7) is 8.29. The van der Waals surface area contributed by atoms with Crippen LogP contribution in [0.1, 0.15) is 42.9 Å². The van der Waals surface area contributed by atoms with Crippen LogP contribution in [-0.2, 0) is 26.0 Å². The van der Waals surface area contributed by atoms with E-state index < -0.39 is 16.0 Å². The van der Waals surface area contributed by atoms with Gasteiger partial charge >= 0.3 is 5.97 Å². The van der Waals surface area contributed by atoms with E-state index in [1.54, 1.807) is 39.0 Å². The second-order valence-electron chi connectivity index (χ2n) is 6.54. The Balaban J connectivity index is 2.02.